The summed E-state index contributed by atoms with van der Waals surface area (Å²) in [5.41, 5.74) is 2.30. The smallest absolute Gasteiger partial charge is 0.117 e. The number of thioether (sulfide) groups is 1. The van der Waals surface area contributed by atoms with Crippen LogP contribution in [0.15, 0.2) is 94.9 Å². The molecule has 0 bridgehead atoms. The highest BCUT2D eigenvalue weighted by atomic mass is 32.2. The van der Waals surface area contributed by atoms with Gasteiger partial charge in [-0.25, -0.2) is 4.98 Å². The third kappa shape index (κ3) is 2.92. The number of nitrogens with zero attached hydrogens (tertiary/aromatic N) is 1. The van der Waals surface area contributed by atoms with Crippen LogP contribution in [-0.2, 0) is 0 Å². The van der Waals surface area contributed by atoms with Crippen LogP contribution < -0.4 is 5.32 Å². The van der Waals surface area contributed by atoms with E-state index in [1.807, 2.05) is 0 Å². The van der Waals surface area contributed by atoms with Gasteiger partial charge in [0.25, 0.3) is 0 Å². The lowest BCUT2D eigenvalue weighted by atomic mass is 10.1. The van der Waals surface area contributed by atoms with Gasteiger partial charge in [0.15, 0.2) is 0 Å². The molecule has 4 aromatic carbocycles. The van der Waals surface area contributed by atoms with Gasteiger partial charge in [0, 0.05) is 15.7 Å². The van der Waals surface area contributed by atoms with Crippen LogP contribution in [0.3, 0.4) is 0 Å². The van der Waals surface area contributed by atoms with E-state index in [0.717, 1.165) is 15.6 Å². The molecule has 1 aromatic heterocycles. The molecule has 0 aliphatic carbocycles. The van der Waals surface area contributed by atoms with Gasteiger partial charge in [0.05, 0.1) is 20.9 Å². The fraction of sp³-hybridized carbons (Fsp3) is 0. The summed E-state index contributed by atoms with van der Waals surface area (Å²) < 4.78 is 1.23. The van der Waals surface area contributed by atoms with Crippen LogP contribution in [0.1, 0.15) is 5.01 Å². The fourth-order valence-corrected chi connectivity index (χ4v) is 5.61. The molecule has 2 heterocycles. The second-order valence-corrected chi connectivity index (χ2v) is 9.11. The molecular weight excluding hydrogens is 392 g/mol. The number of aromatic nitrogens is 1. The third-order valence-electron chi connectivity index (χ3n) is 5.15. The topological polar surface area (TPSA) is 24.9 Å². The zero-order valence-electron chi connectivity index (χ0n) is 15.4. The average molecular weight is 409 g/mol. The van der Waals surface area contributed by atoms with Crippen molar-refractivity contribution >= 4 is 66.6 Å². The van der Waals surface area contributed by atoms with Crippen LogP contribution in [-0.4, -0.2) is 4.98 Å². The number of thiazole rings is 1. The number of benzene rings is 4. The van der Waals surface area contributed by atoms with E-state index in [0.29, 0.717) is 0 Å². The van der Waals surface area contributed by atoms with Crippen LogP contribution in [0, 0.1) is 0 Å². The predicted molar refractivity (Wildman–Crippen MR) is 128 cm³/mol. The number of fused-ring (bicyclic) bond motifs is 6. The Bertz CT molecular complexity index is 1460. The Balaban J connectivity index is 1.30. The van der Waals surface area contributed by atoms with E-state index in [1.54, 1.807) is 23.1 Å². The lowest BCUT2D eigenvalue weighted by Gasteiger charge is -2.03. The van der Waals surface area contributed by atoms with Gasteiger partial charge in [0.2, 0.25) is 0 Å². The first-order valence-electron chi connectivity index (χ1n) is 9.48. The lowest BCUT2D eigenvalue weighted by Crippen LogP contribution is -1.88. The molecule has 1 aliphatic rings. The molecule has 0 saturated heterocycles. The maximum atomic E-state index is 4.86. The summed E-state index contributed by atoms with van der Waals surface area (Å²) in [6, 6.07) is 25.6. The van der Waals surface area contributed by atoms with Crippen LogP contribution in [0.25, 0.3) is 37.8 Å². The molecule has 0 unspecified atom stereocenters. The van der Waals surface area contributed by atoms with Crippen molar-refractivity contribution in [3.8, 4) is 0 Å². The Morgan fingerprint density at radius 2 is 1.55 bits per heavy atom. The molecule has 5 aromatic rings. The van der Waals surface area contributed by atoms with E-state index >= 15 is 0 Å². The normalized spacial score (nSPS) is 15.0. The predicted octanol–water partition coefficient (Wildman–Crippen LogP) is 7.68. The first-order chi connectivity index (χ1) is 14.3. The summed E-state index contributed by atoms with van der Waals surface area (Å²) in [4.78, 5) is 6.13. The van der Waals surface area contributed by atoms with Gasteiger partial charge in [-0.1, -0.05) is 78.5 Å². The van der Waals surface area contributed by atoms with Crippen LogP contribution in [0.4, 0.5) is 5.69 Å². The SMILES string of the molecule is C(=Cc1nc2c(ccc3ccccc32)s1)C=C1Nc2c(ccc3ccccc23)S1. The average Bonchev–Trinajstić information content (AvgIpc) is 3.37. The van der Waals surface area contributed by atoms with Crippen molar-refractivity contribution in [2.45, 2.75) is 4.90 Å². The number of rotatable bonds is 2. The Morgan fingerprint density at radius 1 is 0.793 bits per heavy atom. The number of nitrogens with one attached hydrogen (secondary N) is 1. The van der Waals surface area contributed by atoms with Crippen LogP contribution >= 0.6 is 23.1 Å². The van der Waals surface area contributed by atoms with Crippen molar-refractivity contribution in [2.24, 2.45) is 0 Å². The summed E-state index contributed by atoms with van der Waals surface area (Å²) in [5, 5.41) is 10.7. The highest BCUT2D eigenvalue weighted by Crippen LogP contribution is 2.44. The van der Waals surface area contributed by atoms with Crippen molar-refractivity contribution < 1.29 is 0 Å². The summed E-state index contributed by atoms with van der Waals surface area (Å²) in [6.45, 7) is 0. The van der Waals surface area contributed by atoms with Gasteiger partial charge in [-0.05, 0) is 35.1 Å². The molecule has 0 radical (unpaired) electrons. The molecule has 0 saturated carbocycles. The van der Waals surface area contributed by atoms with Gasteiger partial charge < -0.3 is 5.32 Å². The molecule has 4 heteroatoms. The highest BCUT2D eigenvalue weighted by molar-refractivity contribution is 8.03. The summed E-state index contributed by atoms with van der Waals surface area (Å²) in [6.07, 6.45) is 6.31. The van der Waals surface area contributed by atoms with Crippen molar-refractivity contribution in [3.63, 3.8) is 0 Å². The van der Waals surface area contributed by atoms with E-state index in [2.05, 4.69) is 96.3 Å². The summed E-state index contributed by atoms with van der Waals surface area (Å²) in [5.74, 6) is 0. The number of allylic oxidation sites excluding steroid dienone is 2. The van der Waals surface area contributed by atoms with E-state index in [1.165, 1.54) is 36.8 Å². The second-order valence-electron chi connectivity index (χ2n) is 6.96. The van der Waals surface area contributed by atoms with Gasteiger partial charge in [-0.2, -0.15) is 0 Å². The maximum absolute atomic E-state index is 4.86. The molecule has 29 heavy (non-hydrogen) atoms. The van der Waals surface area contributed by atoms with Gasteiger partial charge in [0.1, 0.15) is 5.01 Å². The Labute approximate surface area is 176 Å². The first kappa shape index (κ1) is 16.8. The van der Waals surface area contributed by atoms with Crippen molar-refractivity contribution in [1.29, 1.82) is 0 Å². The highest BCUT2D eigenvalue weighted by Gasteiger charge is 2.17. The fourth-order valence-electron chi connectivity index (χ4n) is 3.78. The van der Waals surface area contributed by atoms with E-state index in [9.17, 15) is 0 Å². The van der Waals surface area contributed by atoms with E-state index < -0.39 is 0 Å². The molecule has 6 rings (SSSR count). The van der Waals surface area contributed by atoms with E-state index in [4.69, 9.17) is 4.98 Å². The van der Waals surface area contributed by atoms with Gasteiger partial charge in [-0.15, -0.1) is 11.3 Å². The standard InChI is InChI=1S/C25H16N2S2/c1-3-8-18-16(6-1)12-14-20-24(18)26-22(28-20)10-5-11-23-27-25-19-9-4-2-7-17(19)13-15-21(25)29-23/h1-15,26H. The minimum Gasteiger partial charge on any atom is -0.349 e. The molecule has 138 valence electrons. The molecule has 2 nitrogen and oxygen atoms in total. The van der Waals surface area contributed by atoms with Crippen molar-refractivity contribution in [2.75, 3.05) is 5.32 Å². The van der Waals surface area contributed by atoms with Crippen molar-refractivity contribution in [3.05, 3.63) is 95.0 Å². The zero-order chi connectivity index (χ0) is 19.2. The van der Waals surface area contributed by atoms with Gasteiger partial charge >= 0.3 is 0 Å². The quantitative estimate of drug-likeness (QED) is 0.324. The lowest BCUT2D eigenvalue weighted by molar-refractivity contribution is 1.47. The number of anilines is 1. The van der Waals surface area contributed by atoms with Crippen LogP contribution in [0.5, 0.6) is 0 Å². The first-order valence-corrected chi connectivity index (χ1v) is 11.1. The monoisotopic (exact) mass is 408 g/mol. The Morgan fingerprint density at radius 3 is 2.45 bits per heavy atom. The molecule has 0 atom stereocenters. The summed E-state index contributed by atoms with van der Waals surface area (Å²) in [7, 11) is 0. The summed E-state index contributed by atoms with van der Waals surface area (Å²) >= 11 is 3.50. The molecule has 0 fully saturated rings. The van der Waals surface area contributed by atoms with Crippen molar-refractivity contribution in [1.82, 2.24) is 4.98 Å². The molecule has 1 aliphatic heterocycles. The molecular formula is C25H16N2S2. The van der Waals surface area contributed by atoms with Crippen LogP contribution in [0.2, 0.25) is 0 Å². The number of hydrogen-bond acceptors (Lipinski definition) is 4. The zero-order valence-corrected chi connectivity index (χ0v) is 17.1. The molecule has 1 N–H and O–H groups in total. The minimum atomic E-state index is 1.03. The Kier molecular flexibility index (Phi) is 3.93. The minimum absolute atomic E-state index is 1.03. The largest absolute Gasteiger partial charge is 0.349 e. The van der Waals surface area contributed by atoms with E-state index in [-0.39, 0.29) is 0 Å². The molecule has 0 spiro atoms. The second kappa shape index (κ2) is 6.76. The Hall–Kier alpha value is -3.08. The maximum Gasteiger partial charge on any atom is 0.117 e. The van der Waals surface area contributed by atoms with Gasteiger partial charge in [-0.3, -0.25) is 0 Å². The third-order valence-corrected chi connectivity index (χ3v) is 7.15. The molecule has 0 amide bonds. The number of hydrogen-bond donors (Lipinski definition) is 1.